The number of hydrogen-bond donors (Lipinski definition) is 1. The molecule has 6 heteroatoms. The minimum Gasteiger partial charge on any atom is -0.350 e. The largest absolute Gasteiger partial charge is 0.350 e. The molecule has 0 radical (unpaired) electrons. The van der Waals surface area contributed by atoms with Crippen LogP contribution in [-0.4, -0.2) is 34.8 Å². The number of rotatable bonds is 4. The lowest BCUT2D eigenvalue weighted by Crippen LogP contribution is -2.44. The molecular weight excluding hydrogens is 286 g/mol. The maximum Gasteiger partial charge on any atom is 0.225 e. The van der Waals surface area contributed by atoms with Crippen LogP contribution in [0.25, 0.3) is 0 Å². The van der Waals surface area contributed by atoms with E-state index < -0.39 is 0 Å². The summed E-state index contributed by atoms with van der Waals surface area (Å²) in [5.74, 6) is 0.689. The smallest absolute Gasteiger partial charge is 0.225 e. The molecule has 1 aliphatic heterocycles. The monoisotopic (exact) mass is 307 g/mol. The molecule has 0 bridgehead atoms. The highest BCUT2D eigenvalue weighted by Gasteiger charge is 2.28. The van der Waals surface area contributed by atoms with Crippen LogP contribution in [0.1, 0.15) is 49.2 Å². The van der Waals surface area contributed by atoms with Crippen LogP contribution in [0.15, 0.2) is 5.38 Å². The van der Waals surface area contributed by atoms with E-state index in [-0.39, 0.29) is 17.7 Å². The predicted molar refractivity (Wildman–Crippen MR) is 80.9 cm³/mol. The molecule has 1 atom stereocenters. The predicted octanol–water partition coefficient (Wildman–Crippen LogP) is 1.90. The zero-order valence-corrected chi connectivity index (χ0v) is 13.1. The Morgan fingerprint density at radius 3 is 2.95 bits per heavy atom. The standard InChI is InChI=1S/C15H21N3O2S/c1-10(19)18-6-2-3-12(8-18)14(20)16-7-13-9-21-15(17-13)11-4-5-11/h9,11-12H,2-8H2,1H3,(H,16,20). The average molecular weight is 307 g/mol. The van der Waals surface area contributed by atoms with Gasteiger partial charge in [0, 0.05) is 31.3 Å². The Balaban J connectivity index is 1.49. The van der Waals surface area contributed by atoms with Gasteiger partial charge in [-0.3, -0.25) is 9.59 Å². The number of hydrogen-bond acceptors (Lipinski definition) is 4. The zero-order valence-electron chi connectivity index (χ0n) is 12.3. The van der Waals surface area contributed by atoms with Crippen molar-refractivity contribution in [3.05, 3.63) is 16.1 Å². The molecule has 1 aromatic rings. The van der Waals surface area contributed by atoms with E-state index in [1.54, 1.807) is 23.2 Å². The van der Waals surface area contributed by atoms with Crippen LogP contribution in [0.5, 0.6) is 0 Å². The zero-order chi connectivity index (χ0) is 14.8. The van der Waals surface area contributed by atoms with Gasteiger partial charge in [-0.15, -0.1) is 11.3 Å². The number of amides is 2. The second-order valence-corrected chi connectivity index (χ2v) is 6.86. The highest BCUT2D eigenvalue weighted by molar-refractivity contribution is 7.09. The van der Waals surface area contributed by atoms with Crippen LogP contribution in [0.2, 0.25) is 0 Å². The molecule has 2 fully saturated rings. The summed E-state index contributed by atoms with van der Waals surface area (Å²) in [6, 6.07) is 0. The molecule has 2 amide bonds. The van der Waals surface area contributed by atoms with Crippen molar-refractivity contribution in [1.29, 1.82) is 0 Å². The van der Waals surface area contributed by atoms with Crippen molar-refractivity contribution in [2.45, 2.75) is 45.1 Å². The van der Waals surface area contributed by atoms with Crippen molar-refractivity contribution in [3.63, 3.8) is 0 Å². The van der Waals surface area contributed by atoms with Crippen LogP contribution < -0.4 is 5.32 Å². The van der Waals surface area contributed by atoms with Gasteiger partial charge < -0.3 is 10.2 Å². The van der Waals surface area contributed by atoms with Crippen molar-refractivity contribution < 1.29 is 9.59 Å². The van der Waals surface area contributed by atoms with Gasteiger partial charge in [-0.05, 0) is 25.7 Å². The van der Waals surface area contributed by atoms with E-state index in [9.17, 15) is 9.59 Å². The highest BCUT2D eigenvalue weighted by Crippen LogP contribution is 2.41. The fourth-order valence-electron chi connectivity index (χ4n) is 2.72. The van der Waals surface area contributed by atoms with E-state index in [2.05, 4.69) is 10.3 Å². The molecule has 3 rings (SSSR count). The van der Waals surface area contributed by atoms with E-state index in [0.29, 0.717) is 19.0 Å². The number of nitrogens with zero attached hydrogens (tertiary/aromatic N) is 2. The van der Waals surface area contributed by atoms with E-state index in [0.717, 1.165) is 25.1 Å². The molecule has 5 nitrogen and oxygen atoms in total. The third-order valence-electron chi connectivity index (χ3n) is 4.18. The van der Waals surface area contributed by atoms with Crippen molar-refractivity contribution in [3.8, 4) is 0 Å². The number of carbonyl (C=O) groups excluding carboxylic acids is 2. The van der Waals surface area contributed by atoms with Crippen LogP contribution in [0.4, 0.5) is 0 Å². The first kappa shape index (κ1) is 14.5. The molecule has 1 unspecified atom stereocenters. The van der Waals surface area contributed by atoms with Gasteiger partial charge in [0.2, 0.25) is 11.8 Å². The lowest BCUT2D eigenvalue weighted by atomic mass is 9.97. The number of nitrogens with one attached hydrogen (secondary N) is 1. The normalized spacial score (nSPS) is 22.1. The van der Waals surface area contributed by atoms with Gasteiger partial charge in [-0.1, -0.05) is 0 Å². The molecular formula is C15H21N3O2S. The van der Waals surface area contributed by atoms with Crippen molar-refractivity contribution in [2.24, 2.45) is 5.92 Å². The Kier molecular flexibility index (Phi) is 4.24. The van der Waals surface area contributed by atoms with Crippen molar-refractivity contribution >= 4 is 23.2 Å². The van der Waals surface area contributed by atoms with Crippen LogP contribution in [0, 0.1) is 5.92 Å². The lowest BCUT2D eigenvalue weighted by Gasteiger charge is -2.31. The summed E-state index contributed by atoms with van der Waals surface area (Å²) >= 11 is 1.70. The van der Waals surface area contributed by atoms with Crippen molar-refractivity contribution in [2.75, 3.05) is 13.1 Å². The second-order valence-electron chi connectivity index (χ2n) is 5.97. The van der Waals surface area contributed by atoms with Gasteiger partial charge in [0.05, 0.1) is 23.2 Å². The number of carbonyl (C=O) groups is 2. The number of likely N-dealkylation sites (tertiary alicyclic amines) is 1. The van der Waals surface area contributed by atoms with Crippen LogP contribution in [-0.2, 0) is 16.1 Å². The molecule has 1 N–H and O–H groups in total. The van der Waals surface area contributed by atoms with Gasteiger partial charge in [-0.2, -0.15) is 0 Å². The summed E-state index contributed by atoms with van der Waals surface area (Å²) in [5, 5.41) is 6.21. The summed E-state index contributed by atoms with van der Waals surface area (Å²) in [4.78, 5) is 30.0. The molecule has 2 aliphatic rings. The number of thiazole rings is 1. The van der Waals surface area contributed by atoms with Crippen LogP contribution >= 0.6 is 11.3 Å². The molecule has 114 valence electrons. The quantitative estimate of drug-likeness (QED) is 0.924. The summed E-state index contributed by atoms with van der Waals surface area (Å²) in [6.45, 7) is 3.38. The van der Waals surface area contributed by atoms with E-state index >= 15 is 0 Å². The first-order valence-electron chi connectivity index (χ1n) is 7.61. The fraction of sp³-hybridized carbons (Fsp3) is 0.667. The van der Waals surface area contributed by atoms with Gasteiger partial charge in [0.15, 0.2) is 0 Å². The molecule has 1 aliphatic carbocycles. The summed E-state index contributed by atoms with van der Waals surface area (Å²) in [6.07, 6.45) is 4.27. The van der Waals surface area contributed by atoms with Crippen molar-refractivity contribution in [1.82, 2.24) is 15.2 Å². The van der Waals surface area contributed by atoms with E-state index in [1.165, 1.54) is 17.8 Å². The first-order valence-corrected chi connectivity index (χ1v) is 8.49. The molecule has 2 heterocycles. The highest BCUT2D eigenvalue weighted by atomic mass is 32.1. The Morgan fingerprint density at radius 1 is 1.43 bits per heavy atom. The Morgan fingerprint density at radius 2 is 2.24 bits per heavy atom. The molecule has 1 saturated carbocycles. The number of piperidine rings is 1. The third kappa shape index (κ3) is 3.61. The Labute approximate surface area is 128 Å². The van der Waals surface area contributed by atoms with Gasteiger partial charge in [0.1, 0.15) is 0 Å². The minimum absolute atomic E-state index is 0.0434. The topological polar surface area (TPSA) is 62.3 Å². The molecule has 0 aromatic carbocycles. The summed E-state index contributed by atoms with van der Waals surface area (Å²) < 4.78 is 0. The SMILES string of the molecule is CC(=O)N1CCCC(C(=O)NCc2csc(C3CC3)n2)C1. The lowest BCUT2D eigenvalue weighted by molar-refractivity contribution is -0.134. The van der Waals surface area contributed by atoms with E-state index in [1.807, 2.05) is 5.38 Å². The summed E-state index contributed by atoms with van der Waals surface area (Å²) in [5.41, 5.74) is 0.953. The molecule has 21 heavy (non-hydrogen) atoms. The molecule has 1 aromatic heterocycles. The number of aromatic nitrogens is 1. The van der Waals surface area contributed by atoms with Gasteiger partial charge in [-0.25, -0.2) is 4.98 Å². The molecule has 1 saturated heterocycles. The average Bonchev–Trinajstić information content (AvgIpc) is 3.24. The maximum absolute atomic E-state index is 12.2. The van der Waals surface area contributed by atoms with Gasteiger partial charge in [0.25, 0.3) is 0 Å². The third-order valence-corrected chi connectivity index (χ3v) is 5.23. The fourth-order valence-corrected chi connectivity index (χ4v) is 3.71. The minimum atomic E-state index is -0.0795. The van der Waals surface area contributed by atoms with Gasteiger partial charge >= 0.3 is 0 Å². The second kappa shape index (κ2) is 6.13. The first-order chi connectivity index (χ1) is 10.1. The maximum atomic E-state index is 12.2. The van der Waals surface area contributed by atoms with Crippen LogP contribution in [0.3, 0.4) is 0 Å². The Hall–Kier alpha value is -1.43. The van der Waals surface area contributed by atoms with E-state index in [4.69, 9.17) is 0 Å². The Bertz CT molecular complexity index is 539. The summed E-state index contributed by atoms with van der Waals surface area (Å²) in [7, 11) is 0. The molecule has 0 spiro atoms.